The van der Waals surface area contributed by atoms with Crippen molar-refractivity contribution in [2.24, 2.45) is 0 Å². The van der Waals surface area contributed by atoms with Crippen molar-refractivity contribution < 1.29 is 9.53 Å². The molecule has 1 aromatic carbocycles. The molecule has 0 atom stereocenters. The highest BCUT2D eigenvalue weighted by atomic mass is 16.5. The summed E-state index contributed by atoms with van der Waals surface area (Å²) in [5.41, 5.74) is 1.62. The van der Waals surface area contributed by atoms with Crippen LogP contribution in [0.5, 0.6) is 0 Å². The molecule has 1 amide bonds. The van der Waals surface area contributed by atoms with E-state index in [1.54, 1.807) is 0 Å². The first kappa shape index (κ1) is 12.6. The summed E-state index contributed by atoms with van der Waals surface area (Å²) in [6.45, 7) is 4.93. The molecule has 0 saturated heterocycles. The summed E-state index contributed by atoms with van der Waals surface area (Å²) >= 11 is 0. The lowest BCUT2D eigenvalue weighted by Gasteiger charge is -2.09. The maximum Gasteiger partial charge on any atom is 0.327 e. The van der Waals surface area contributed by atoms with E-state index in [1.165, 1.54) is 10.9 Å². The Kier molecular flexibility index (Phi) is 3.94. The average molecular weight is 247 g/mol. The smallest absolute Gasteiger partial charge is 0.327 e. The quantitative estimate of drug-likeness (QED) is 0.841. The Balaban J connectivity index is 1.97. The second-order valence-electron chi connectivity index (χ2n) is 4.25. The second kappa shape index (κ2) is 5.64. The Morgan fingerprint density at radius 3 is 3.00 bits per heavy atom. The largest absolute Gasteiger partial charge is 0.377 e. The minimum atomic E-state index is -0.184. The van der Waals surface area contributed by atoms with Gasteiger partial charge in [-0.05, 0) is 26.0 Å². The standard InChI is InChI=1S/C13H17N3O2/c1-10(2)18-8-7-14-13(17)16-9-15-11-5-3-4-6-12(11)16/h3-6,9-10H,7-8H2,1-2H3,(H,14,17). The third-order valence-electron chi connectivity index (χ3n) is 2.50. The van der Waals surface area contributed by atoms with E-state index >= 15 is 0 Å². The number of nitrogens with one attached hydrogen (secondary N) is 1. The molecule has 0 unspecified atom stereocenters. The van der Waals surface area contributed by atoms with Crippen LogP contribution in [0.25, 0.3) is 11.0 Å². The zero-order chi connectivity index (χ0) is 13.0. The lowest BCUT2D eigenvalue weighted by atomic mass is 10.3. The summed E-state index contributed by atoms with van der Waals surface area (Å²) < 4.78 is 6.86. The zero-order valence-corrected chi connectivity index (χ0v) is 10.6. The van der Waals surface area contributed by atoms with Crippen molar-refractivity contribution in [1.29, 1.82) is 0 Å². The van der Waals surface area contributed by atoms with Gasteiger partial charge in [0.2, 0.25) is 0 Å². The van der Waals surface area contributed by atoms with Crippen molar-refractivity contribution in [3.63, 3.8) is 0 Å². The molecule has 0 spiro atoms. The lowest BCUT2D eigenvalue weighted by molar-refractivity contribution is 0.0818. The molecule has 0 aliphatic carbocycles. The van der Waals surface area contributed by atoms with Gasteiger partial charge in [0, 0.05) is 6.54 Å². The van der Waals surface area contributed by atoms with E-state index in [4.69, 9.17) is 4.74 Å². The van der Waals surface area contributed by atoms with Gasteiger partial charge >= 0.3 is 6.03 Å². The number of nitrogens with zero attached hydrogens (tertiary/aromatic N) is 2. The first-order valence-corrected chi connectivity index (χ1v) is 6.00. The van der Waals surface area contributed by atoms with Crippen LogP contribution in [-0.2, 0) is 4.74 Å². The monoisotopic (exact) mass is 247 g/mol. The maximum absolute atomic E-state index is 11.9. The fraction of sp³-hybridized carbons (Fsp3) is 0.385. The predicted octanol–water partition coefficient (Wildman–Crippen LogP) is 2.02. The van der Waals surface area contributed by atoms with Gasteiger partial charge < -0.3 is 10.1 Å². The van der Waals surface area contributed by atoms with Crippen LogP contribution in [0.2, 0.25) is 0 Å². The summed E-state index contributed by atoms with van der Waals surface area (Å²) in [7, 11) is 0. The van der Waals surface area contributed by atoms with Crippen LogP contribution in [0.15, 0.2) is 30.6 Å². The van der Waals surface area contributed by atoms with E-state index < -0.39 is 0 Å². The van der Waals surface area contributed by atoms with Crippen LogP contribution in [0.4, 0.5) is 4.79 Å². The third-order valence-corrected chi connectivity index (χ3v) is 2.50. The number of amides is 1. The molecule has 0 fully saturated rings. The number of ether oxygens (including phenoxy) is 1. The van der Waals surface area contributed by atoms with Crippen LogP contribution < -0.4 is 5.32 Å². The molecule has 18 heavy (non-hydrogen) atoms. The molecule has 0 radical (unpaired) electrons. The van der Waals surface area contributed by atoms with Crippen molar-refractivity contribution in [3.05, 3.63) is 30.6 Å². The number of para-hydroxylation sites is 2. The van der Waals surface area contributed by atoms with Gasteiger partial charge in [-0.1, -0.05) is 12.1 Å². The fourth-order valence-electron chi connectivity index (χ4n) is 1.66. The highest BCUT2D eigenvalue weighted by Crippen LogP contribution is 2.10. The van der Waals surface area contributed by atoms with Crippen LogP contribution in [0.1, 0.15) is 13.8 Å². The van der Waals surface area contributed by atoms with Crippen molar-refractivity contribution in [2.75, 3.05) is 13.2 Å². The topological polar surface area (TPSA) is 56.1 Å². The van der Waals surface area contributed by atoms with Gasteiger partial charge in [0.25, 0.3) is 0 Å². The molecule has 0 aliphatic heterocycles. The summed E-state index contributed by atoms with van der Waals surface area (Å²) in [4.78, 5) is 16.1. The van der Waals surface area contributed by atoms with Gasteiger partial charge in [-0.15, -0.1) is 0 Å². The van der Waals surface area contributed by atoms with Crippen LogP contribution in [0, 0.1) is 0 Å². The first-order chi connectivity index (χ1) is 8.68. The Labute approximate surface area is 106 Å². The minimum absolute atomic E-state index is 0.177. The van der Waals surface area contributed by atoms with Crippen molar-refractivity contribution in [2.45, 2.75) is 20.0 Å². The van der Waals surface area contributed by atoms with Gasteiger partial charge in [-0.3, -0.25) is 4.57 Å². The van der Waals surface area contributed by atoms with Gasteiger partial charge in [-0.25, -0.2) is 9.78 Å². The van der Waals surface area contributed by atoms with E-state index in [2.05, 4.69) is 10.3 Å². The number of aromatic nitrogens is 2. The molecule has 2 rings (SSSR count). The summed E-state index contributed by atoms with van der Waals surface area (Å²) in [5.74, 6) is 0. The van der Waals surface area contributed by atoms with Gasteiger partial charge in [0.05, 0.1) is 23.7 Å². The Hall–Kier alpha value is -1.88. The number of benzene rings is 1. The fourth-order valence-corrected chi connectivity index (χ4v) is 1.66. The molecule has 0 saturated carbocycles. The molecule has 5 nitrogen and oxygen atoms in total. The minimum Gasteiger partial charge on any atom is -0.377 e. The number of carbonyl (C=O) groups is 1. The molecule has 2 aromatic rings. The molecule has 1 aromatic heterocycles. The molecule has 1 heterocycles. The molecule has 0 bridgehead atoms. The number of carbonyl (C=O) groups excluding carboxylic acids is 1. The Morgan fingerprint density at radius 2 is 2.22 bits per heavy atom. The molecule has 5 heteroatoms. The zero-order valence-electron chi connectivity index (χ0n) is 10.6. The highest BCUT2D eigenvalue weighted by Gasteiger charge is 2.08. The van der Waals surface area contributed by atoms with E-state index in [-0.39, 0.29) is 12.1 Å². The number of imidazole rings is 1. The average Bonchev–Trinajstić information content (AvgIpc) is 2.78. The van der Waals surface area contributed by atoms with Crippen molar-refractivity contribution >= 4 is 17.1 Å². The molecule has 1 N–H and O–H groups in total. The van der Waals surface area contributed by atoms with Crippen molar-refractivity contribution in [1.82, 2.24) is 14.9 Å². The second-order valence-corrected chi connectivity index (χ2v) is 4.25. The predicted molar refractivity (Wildman–Crippen MR) is 69.6 cm³/mol. The first-order valence-electron chi connectivity index (χ1n) is 6.00. The van der Waals surface area contributed by atoms with E-state index in [0.29, 0.717) is 13.2 Å². The van der Waals surface area contributed by atoms with E-state index in [9.17, 15) is 4.79 Å². The van der Waals surface area contributed by atoms with Crippen LogP contribution in [-0.4, -0.2) is 34.8 Å². The lowest BCUT2D eigenvalue weighted by Crippen LogP contribution is -2.31. The number of rotatable bonds is 4. The van der Waals surface area contributed by atoms with Gasteiger partial charge in [-0.2, -0.15) is 0 Å². The van der Waals surface area contributed by atoms with Crippen molar-refractivity contribution in [3.8, 4) is 0 Å². The summed E-state index contributed by atoms with van der Waals surface area (Å²) in [5, 5.41) is 2.79. The molecule has 0 aliphatic rings. The highest BCUT2D eigenvalue weighted by molar-refractivity contribution is 5.88. The number of hydrogen-bond acceptors (Lipinski definition) is 3. The van der Waals surface area contributed by atoms with E-state index in [1.807, 2.05) is 38.1 Å². The summed E-state index contributed by atoms with van der Waals surface area (Å²) in [6.07, 6.45) is 1.71. The number of hydrogen-bond donors (Lipinski definition) is 1. The van der Waals surface area contributed by atoms with Crippen LogP contribution >= 0.6 is 0 Å². The normalized spacial score (nSPS) is 11.1. The Bertz CT molecular complexity index is 534. The van der Waals surface area contributed by atoms with Gasteiger partial charge in [0.1, 0.15) is 6.33 Å². The third kappa shape index (κ3) is 2.87. The molecule has 96 valence electrons. The Morgan fingerprint density at radius 1 is 1.44 bits per heavy atom. The summed E-state index contributed by atoms with van der Waals surface area (Å²) in [6, 6.07) is 7.34. The van der Waals surface area contributed by atoms with E-state index in [0.717, 1.165) is 11.0 Å². The number of fused-ring (bicyclic) bond motifs is 1. The van der Waals surface area contributed by atoms with Crippen LogP contribution in [0.3, 0.4) is 0 Å². The molecular weight excluding hydrogens is 230 g/mol. The maximum atomic E-state index is 11.9. The van der Waals surface area contributed by atoms with Gasteiger partial charge in [0.15, 0.2) is 0 Å². The molecular formula is C13H17N3O2. The SMILES string of the molecule is CC(C)OCCNC(=O)n1cnc2ccccc21.